The van der Waals surface area contributed by atoms with Crippen molar-refractivity contribution in [3.63, 3.8) is 0 Å². The largest absolute Gasteiger partial charge is 0.336 e. The topological polar surface area (TPSA) is 59.2 Å². The lowest BCUT2D eigenvalue weighted by Gasteiger charge is -2.34. The SMILES string of the molecule is Cc1ncc(C(=O)N2CCC(C)C(N)C2)s1. The Bertz CT molecular complexity index is 390. The number of rotatable bonds is 1. The zero-order valence-corrected chi connectivity index (χ0v) is 10.5. The summed E-state index contributed by atoms with van der Waals surface area (Å²) in [6, 6.07) is 0.103. The molecule has 0 spiro atoms. The fourth-order valence-electron chi connectivity index (χ4n) is 1.90. The van der Waals surface area contributed by atoms with Crippen LogP contribution in [0.5, 0.6) is 0 Å². The summed E-state index contributed by atoms with van der Waals surface area (Å²) in [5.41, 5.74) is 5.98. The molecular weight excluding hydrogens is 222 g/mol. The molecular formula is C11H17N3OS. The predicted octanol–water partition coefficient (Wildman–Crippen LogP) is 1.26. The first-order valence-corrected chi connectivity index (χ1v) is 6.37. The fourth-order valence-corrected chi connectivity index (χ4v) is 2.65. The van der Waals surface area contributed by atoms with E-state index in [0.717, 1.165) is 22.9 Å². The molecule has 0 aromatic carbocycles. The first-order chi connectivity index (χ1) is 7.58. The smallest absolute Gasteiger partial charge is 0.265 e. The summed E-state index contributed by atoms with van der Waals surface area (Å²) >= 11 is 1.45. The zero-order chi connectivity index (χ0) is 11.7. The summed E-state index contributed by atoms with van der Waals surface area (Å²) < 4.78 is 0. The highest BCUT2D eigenvalue weighted by Crippen LogP contribution is 2.20. The highest BCUT2D eigenvalue weighted by Gasteiger charge is 2.27. The van der Waals surface area contributed by atoms with Crippen molar-refractivity contribution in [2.75, 3.05) is 13.1 Å². The van der Waals surface area contributed by atoms with E-state index in [-0.39, 0.29) is 11.9 Å². The van der Waals surface area contributed by atoms with Crippen LogP contribution in [0.2, 0.25) is 0 Å². The van der Waals surface area contributed by atoms with Crippen molar-refractivity contribution in [1.29, 1.82) is 0 Å². The minimum Gasteiger partial charge on any atom is -0.336 e. The minimum atomic E-state index is 0.0768. The summed E-state index contributed by atoms with van der Waals surface area (Å²) in [7, 11) is 0. The minimum absolute atomic E-state index is 0.0768. The summed E-state index contributed by atoms with van der Waals surface area (Å²) in [6.07, 6.45) is 2.65. The Balaban J connectivity index is 2.06. The Morgan fingerprint density at radius 1 is 1.69 bits per heavy atom. The standard InChI is InChI=1S/C11H17N3OS/c1-7-3-4-14(6-9(7)12)11(15)10-5-13-8(2)16-10/h5,7,9H,3-4,6,12H2,1-2H3. The molecule has 4 nitrogen and oxygen atoms in total. The van der Waals surface area contributed by atoms with Gasteiger partial charge in [-0.05, 0) is 19.3 Å². The van der Waals surface area contributed by atoms with Crippen molar-refractivity contribution in [2.45, 2.75) is 26.3 Å². The number of carbonyl (C=O) groups excluding carboxylic acids is 1. The van der Waals surface area contributed by atoms with Crippen LogP contribution in [-0.2, 0) is 0 Å². The van der Waals surface area contributed by atoms with E-state index < -0.39 is 0 Å². The lowest BCUT2D eigenvalue weighted by Crippen LogP contribution is -2.49. The van der Waals surface area contributed by atoms with Gasteiger partial charge in [-0.25, -0.2) is 4.98 Å². The van der Waals surface area contributed by atoms with Gasteiger partial charge >= 0.3 is 0 Å². The molecule has 1 fully saturated rings. The molecule has 2 heterocycles. The molecule has 0 saturated carbocycles. The van der Waals surface area contributed by atoms with Crippen molar-refractivity contribution in [3.8, 4) is 0 Å². The molecule has 0 bridgehead atoms. The molecule has 2 N–H and O–H groups in total. The van der Waals surface area contributed by atoms with E-state index in [1.54, 1.807) is 6.20 Å². The van der Waals surface area contributed by atoms with Crippen molar-refractivity contribution < 1.29 is 4.79 Å². The van der Waals surface area contributed by atoms with Crippen LogP contribution in [0.3, 0.4) is 0 Å². The maximum absolute atomic E-state index is 12.1. The second-order valence-corrected chi connectivity index (χ2v) is 5.66. The second kappa shape index (κ2) is 4.51. The Morgan fingerprint density at radius 2 is 2.44 bits per heavy atom. The molecule has 1 aromatic heterocycles. The Morgan fingerprint density at radius 3 is 3.00 bits per heavy atom. The monoisotopic (exact) mass is 239 g/mol. The molecule has 2 rings (SSSR count). The second-order valence-electron chi connectivity index (χ2n) is 4.42. The number of hydrogen-bond donors (Lipinski definition) is 1. The molecule has 1 amide bonds. The van der Waals surface area contributed by atoms with Crippen LogP contribution in [0.1, 0.15) is 28.0 Å². The summed E-state index contributed by atoms with van der Waals surface area (Å²) in [5.74, 6) is 0.584. The van der Waals surface area contributed by atoms with Gasteiger partial charge in [0, 0.05) is 19.1 Å². The molecule has 16 heavy (non-hydrogen) atoms. The van der Waals surface area contributed by atoms with Gasteiger partial charge in [-0.2, -0.15) is 0 Å². The Kier molecular flexibility index (Phi) is 3.25. The highest BCUT2D eigenvalue weighted by molar-refractivity contribution is 7.13. The van der Waals surface area contributed by atoms with Gasteiger partial charge in [-0.3, -0.25) is 4.79 Å². The van der Waals surface area contributed by atoms with Gasteiger partial charge in [0.05, 0.1) is 11.2 Å². The number of carbonyl (C=O) groups is 1. The molecule has 1 saturated heterocycles. The van der Waals surface area contributed by atoms with Crippen molar-refractivity contribution in [3.05, 3.63) is 16.1 Å². The van der Waals surface area contributed by atoms with Crippen LogP contribution in [0.25, 0.3) is 0 Å². The molecule has 2 atom stereocenters. The zero-order valence-electron chi connectivity index (χ0n) is 9.64. The van der Waals surface area contributed by atoms with Gasteiger partial charge in [-0.15, -0.1) is 11.3 Å². The number of thiazole rings is 1. The summed E-state index contributed by atoms with van der Waals surface area (Å²) in [5, 5.41) is 0.929. The van der Waals surface area contributed by atoms with E-state index >= 15 is 0 Å². The molecule has 0 aliphatic carbocycles. The number of likely N-dealkylation sites (tertiary alicyclic amines) is 1. The quantitative estimate of drug-likeness (QED) is 0.802. The molecule has 2 unspecified atom stereocenters. The van der Waals surface area contributed by atoms with Crippen molar-refractivity contribution in [1.82, 2.24) is 9.88 Å². The van der Waals surface area contributed by atoms with Gasteiger partial charge in [0.15, 0.2) is 0 Å². The maximum Gasteiger partial charge on any atom is 0.265 e. The van der Waals surface area contributed by atoms with Crippen LogP contribution in [-0.4, -0.2) is 34.9 Å². The molecule has 88 valence electrons. The average Bonchev–Trinajstić information content (AvgIpc) is 2.68. The first-order valence-electron chi connectivity index (χ1n) is 5.55. The maximum atomic E-state index is 12.1. The number of amides is 1. The summed E-state index contributed by atoms with van der Waals surface area (Å²) in [4.78, 5) is 18.8. The third kappa shape index (κ3) is 2.25. The van der Waals surface area contributed by atoms with Crippen LogP contribution >= 0.6 is 11.3 Å². The van der Waals surface area contributed by atoms with Crippen LogP contribution in [0.15, 0.2) is 6.20 Å². The molecule has 1 aromatic rings. The number of hydrogen-bond acceptors (Lipinski definition) is 4. The molecule has 1 aliphatic rings. The molecule has 5 heteroatoms. The van der Waals surface area contributed by atoms with E-state index in [4.69, 9.17) is 5.73 Å². The number of aryl methyl sites for hydroxylation is 1. The van der Waals surface area contributed by atoms with Crippen LogP contribution in [0.4, 0.5) is 0 Å². The van der Waals surface area contributed by atoms with Gasteiger partial charge in [0.2, 0.25) is 0 Å². The van der Waals surface area contributed by atoms with Crippen molar-refractivity contribution in [2.24, 2.45) is 11.7 Å². The predicted molar refractivity (Wildman–Crippen MR) is 64.5 cm³/mol. The van der Waals surface area contributed by atoms with Gasteiger partial charge in [0.1, 0.15) is 4.88 Å². The van der Waals surface area contributed by atoms with Gasteiger partial charge < -0.3 is 10.6 Å². The first kappa shape index (κ1) is 11.5. The number of nitrogens with zero attached hydrogens (tertiary/aromatic N) is 2. The van der Waals surface area contributed by atoms with E-state index in [0.29, 0.717) is 12.5 Å². The number of piperidine rings is 1. The normalized spacial score (nSPS) is 25.8. The van der Waals surface area contributed by atoms with E-state index in [9.17, 15) is 4.79 Å². The van der Waals surface area contributed by atoms with E-state index in [2.05, 4.69) is 11.9 Å². The van der Waals surface area contributed by atoms with Crippen LogP contribution < -0.4 is 5.73 Å². The third-order valence-electron chi connectivity index (χ3n) is 3.14. The Hall–Kier alpha value is -0.940. The molecule has 0 radical (unpaired) electrons. The van der Waals surface area contributed by atoms with Crippen molar-refractivity contribution >= 4 is 17.2 Å². The average molecular weight is 239 g/mol. The Labute approximate surface area is 99.5 Å². The fraction of sp³-hybridized carbons (Fsp3) is 0.636. The number of nitrogens with two attached hydrogens (primary N) is 1. The van der Waals surface area contributed by atoms with E-state index in [1.165, 1.54) is 11.3 Å². The lowest BCUT2D eigenvalue weighted by molar-refractivity contribution is 0.0677. The number of aromatic nitrogens is 1. The van der Waals surface area contributed by atoms with E-state index in [1.807, 2.05) is 11.8 Å². The molecule has 1 aliphatic heterocycles. The van der Waals surface area contributed by atoms with Gasteiger partial charge in [-0.1, -0.05) is 6.92 Å². The summed E-state index contributed by atoms with van der Waals surface area (Å²) in [6.45, 7) is 5.52. The third-order valence-corrected chi connectivity index (χ3v) is 4.04. The highest BCUT2D eigenvalue weighted by atomic mass is 32.1. The van der Waals surface area contributed by atoms with Crippen LogP contribution in [0, 0.1) is 12.8 Å². The van der Waals surface area contributed by atoms with Gasteiger partial charge in [0.25, 0.3) is 5.91 Å². The lowest BCUT2D eigenvalue weighted by atomic mass is 9.94.